The van der Waals surface area contributed by atoms with Crippen molar-refractivity contribution in [1.82, 2.24) is 10.5 Å². The van der Waals surface area contributed by atoms with Crippen molar-refractivity contribution in [2.45, 2.75) is 32.7 Å². The molecule has 1 saturated carbocycles. The Balaban J connectivity index is 1.75. The molecule has 6 heteroatoms. The highest BCUT2D eigenvalue weighted by atomic mass is 16.5. The Kier molecular flexibility index (Phi) is 3.66. The van der Waals surface area contributed by atoms with Crippen LogP contribution < -0.4 is 10.6 Å². The van der Waals surface area contributed by atoms with Crippen LogP contribution in [-0.2, 0) is 0 Å². The zero-order valence-electron chi connectivity index (χ0n) is 12.5. The Labute approximate surface area is 127 Å². The van der Waals surface area contributed by atoms with Crippen molar-refractivity contribution in [2.75, 3.05) is 5.32 Å². The Morgan fingerprint density at radius 1 is 1.23 bits per heavy atom. The summed E-state index contributed by atoms with van der Waals surface area (Å²) in [6.07, 6.45) is 2.07. The van der Waals surface area contributed by atoms with E-state index in [1.165, 1.54) is 0 Å². The monoisotopic (exact) mass is 299 g/mol. The Morgan fingerprint density at radius 2 is 2.00 bits per heavy atom. The van der Waals surface area contributed by atoms with E-state index in [0.29, 0.717) is 34.3 Å². The van der Waals surface area contributed by atoms with Crippen molar-refractivity contribution in [1.29, 1.82) is 0 Å². The van der Waals surface area contributed by atoms with Crippen molar-refractivity contribution >= 4 is 17.5 Å². The summed E-state index contributed by atoms with van der Waals surface area (Å²) in [4.78, 5) is 24.3. The summed E-state index contributed by atoms with van der Waals surface area (Å²) in [5.41, 5.74) is 2.06. The molecule has 1 aliphatic carbocycles. The van der Waals surface area contributed by atoms with Crippen LogP contribution in [0.1, 0.15) is 45.0 Å². The van der Waals surface area contributed by atoms with Crippen LogP contribution in [0.4, 0.5) is 5.69 Å². The number of aryl methyl sites for hydroxylation is 2. The zero-order chi connectivity index (χ0) is 15.7. The smallest absolute Gasteiger partial charge is 0.261 e. The summed E-state index contributed by atoms with van der Waals surface area (Å²) < 4.78 is 4.99. The molecular formula is C16H17N3O3. The van der Waals surface area contributed by atoms with Crippen LogP contribution in [0.15, 0.2) is 28.8 Å². The van der Waals surface area contributed by atoms with Gasteiger partial charge in [-0.2, -0.15) is 0 Å². The number of benzene rings is 1. The molecule has 1 heterocycles. The van der Waals surface area contributed by atoms with Crippen LogP contribution in [0.5, 0.6) is 0 Å². The van der Waals surface area contributed by atoms with Crippen LogP contribution in [0, 0.1) is 13.8 Å². The SMILES string of the molecule is Cc1noc(C)c1C(=O)Nc1cccc(C(=O)NC2CC2)c1. The Bertz CT molecular complexity index is 712. The van der Waals surface area contributed by atoms with Crippen molar-refractivity contribution in [3.63, 3.8) is 0 Å². The topological polar surface area (TPSA) is 84.2 Å². The molecule has 0 radical (unpaired) electrons. The van der Waals surface area contributed by atoms with E-state index in [0.717, 1.165) is 12.8 Å². The number of nitrogens with zero attached hydrogens (tertiary/aromatic N) is 1. The quantitative estimate of drug-likeness (QED) is 0.908. The number of carbonyl (C=O) groups excluding carboxylic acids is 2. The van der Waals surface area contributed by atoms with Crippen molar-refractivity contribution in [2.24, 2.45) is 0 Å². The number of anilines is 1. The van der Waals surface area contributed by atoms with E-state index in [4.69, 9.17) is 4.52 Å². The summed E-state index contributed by atoms with van der Waals surface area (Å²) >= 11 is 0. The maximum atomic E-state index is 12.3. The van der Waals surface area contributed by atoms with Gasteiger partial charge in [0.2, 0.25) is 0 Å². The van der Waals surface area contributed by atoms with E-state index in [2.05, 4.69) is 15.8 Å². The first-order chi connectivity index (χ1) is 10.5. The number of hydrogen-bond acceptors (Lipinski definition) is 4. The second-order valence-corrected chi connectivity index (χ2v) is 5.48. The zero-order valence-corrected chi connectivity index (χ0v) is 12.5. The molecule has 2 N–H and O–H groups in total. The number of aromatic nitrogens is 1. The molecular weight excluding hydrogens is 282 g/mol. The first-order valence-electron chi connectivity index (χ1n) is 7.20. The van der Waals surface area contributed by atoms with Crippen molar-refractivity contribution in [3.8, 4) is 0 Å². The standard InChI is InChI=1S/C16H17N3O3/c1-9-14(10(2)22-19-9)16(21)18-13-5-3-4-11(8-13)15(20)17-12-6-7-12/h3-5,8,12H,6-7H2,1-2H3,(H,17,20)(H,18,21). The van der Waals surface area contributed by atoms with Crippen LogP contribution in [0.25, 0.3) is 0 Å². The van der Waals surface area contributed by atoms with Gasteiger partial charge in [-0.15, -0.1) is 0 Å². The molecule has 0 saturated heterocycles. The van der Waals surface area contributed by atoms with E-state index in [1.54, 1.807) is 38.1 Å². The molecule has 1 aromatic carbocycles. The minimum absolute atomic E-state index is 0.115. The molecule has 2 amide bonds. The first kappa shape index (κ1) is 14.3. The minimum Gasteiger partial charge on any atom is -0.361 e. The molecule has 1 aliphatic rings. The van der Waals surface area contributed by atoms with Gasteiger partial charge >= 0.3 is 0 Å². The molecule has 0 aliphatic heterocycles. The highest BCUT2D eigenvalue weighted by Crippen LogP contribution is 2.20. The highest BCUT2D eigenvalue weighted by molar-refractivity contribution is 6.06. The molecule has 0 unspecified atom stereocenters. The lowest BCUT2D eigenvalue weighted by molar-refractivity contribution is 0.0949. The number of nitrogens with one attached hydrogen (secondary N) is 2. The number of carbonyl (C=O) groups is 2. The molecule has 3 rings (SSSR count). The van der Waals surface area contributed by atoms with Crippen LogP contribution in [0.2, 0.25) is 0 Å². The third-order valence-electron chi connectivity index (χ3n) is 3.56. The first-order valence-corrected chi connectivity index (χ1v) is 7.20. The van der Waals surface area contributed by atoms with Gasteiger partial charge in [-0.25, -0.2) is 0 Å². The highest BCUT2D eigenvalue weighted by Gasteiger charge is 2.24. The number of rotatable bonds is 4. The van der Waals surface area contributed by atoms with E-state index in [1.807, 2.05) is 0 Å². The third-order valence-corrected chi connectivity index (χ3v) is 3.56. The molecule has 6 nitrogen and oxygen atoms in total. The van der Waals surface area contributed by atoms with Gasteiger partial charge in [0, 0.05) is 17.3 Å². The normalized spacial score (nSPS) is 13.7. The molecule has 0 spiro atoms. The molecule has 1 fully saturated rings. The average molecular weight is 299 g/mol. The Morgan fingerprint density at radius 3 is 2.64 bits per heavy atom. The molecule has 22 heavy (non-hydrogen) atoms. The largest absolute Gasteiger partial charge is 0.361 e. The molecule has 114 valence electrons. The fourth-order valence-corrected chi connectivity index (χ4v) is 2.24. The average Bonchev–Trinajstić information content (AvgIpc) is 3.23. The molecule has 0 bridgehead atoms. The van der Waals surface area contributed by atoms with Crippen LogP contribution >= 0.6 is 0 Å². The molecule has 2 aromatic rings. The van der Waals surface area contributed by atoms with Gasteiger partial charge < -0.3 is 15.2 Å². The summed E-state index contributed by atoms with van der Waals surface area (Å²) in [6.45, 7) is 3.40. The maximum Gasteiger partial charge on any atom is 0.261 e. The van der Waals surface area contributed by atoms with E-state index in [-0.39, 0.29) is 11.8 Å². The van der Waals surface area contributed by atoms with Gasteiger partial charge in [-0.1, -0.05) is 11.2 Å². The number of hydrogen-bond donors (Lipinski definition) is 2. The third kappa shape index (κ3) is 3.00. The molecule has 0 atom stereocenters. The van der Waals surface area contributed by atoms with Crippen molar-refractivity contribution < 1.29 is 14.1 Å². The lowest BCUT2D eigenvalue weighted by atomic mass is 10.1. The summed E-state index contributed by atoms with van der Waals surface area (Å²) in [5, 5.41) is 9.46. The van der Waals surface area contributed by atoms with Gasteiger partial charge in [0.05, 0.1) is 5.69 Å². The van der Waals surface area contributed by atoms with Gasteiger partial charge in [0.25, 0.3) is 11.8 Å². The lowest BCUT2D eigenvalue weighted by Gasteiger charge is -2.07. The van der Waals surface area contributed by atoms with Crippen LogP contribution in [-0.4, -0.2) is 23.0 Å². The van der Waals surface area contributed by atoms with Crippen molar-refractivity contribution in [3.05, 3.63) is 46.8 Å². The fourth-order valence-electron chi connectivity index (χ4n) is 2.24. The van der Waals surface area contributed by atoms with Gasteiger partial charge in [-0.05, 0) is 44.9 Å². The van der Waals surface area contributed by atoms with Gasteiger partial charge in [0.1, 0.15) is 11.3 Å². The minimum atomic E-state index is -0.295. The lowest BCUT2D eigenvalue weighted by Crippen LogP contribution is -2.25. The van der Waals surface area contributed by atoms with Gasteiger partial charge in [-0.3, -0.25) is 9.59 Å². The number of amides is 2. The van der Waals surface area contributed by atoms with E-state index in [9.17, 15) is 9.59 Å². The predicted molar refractivity (Wildman–Crippen MR) is 80.9 cm³/mol. The second kappa shape index (κ2) is 5.63. The summed E-state index contributed by atoms with van der Waals surface area (Å²) in [6, 6.07) is 7.17. The van der Waals surface area contributed by atoms with E-state index < -0.39 is 0 Å². The van der Waals surface area contributed by atoms with E-state index >= 15 is 0 Å². The summed E-state index contributed by atoms with van der Waals surface area (Å²) in [5.74, 6) is 0.0598. The summed E-state index contributed by atoms with van der Waals surface area (Å²) in [7, 11) is 0. The van der Waals surface area contributed by atoms with Gasteiger partial charge in [0.15, 0.2) is 0 Å². The fraction of sp³-hybridized carbons (Fsp3) is 0.312. The second-order valence-electron chi connectivity index (χ2n) is 5.48. The Hall–Kier alpha value is -2.63. The predicted octanol–water partition coefficient (Wildman–Crippen LogP) is 2.44. The molecule has 1 aromatic heterocycles. The van der Waals surface area contributed by atoms with Crippen LogP contribution in [0.3, 0.4) is 0 Å². The maximum absolute atomic E-state index is 12.3.